The van der Waals surface area contributed by atoms with E-state index in [0.29, 0.717) is 18.3 Å². The van der Waals surface area contributed by atoms with Crippen LogP contribution in [0.2, 0.25) is 0 Å². The van der Waals surface area contributed by atoms with Crippen molar-refractivity contribution in [3.8, 4) is 5.69 Å². The van der Waals surface area contributed by atoms with Gasteiger partial charge in [-0.15, -0.1) is 0 Å². The van der Waals surface area contributed by atoms with Crippen LogP contribution >= 0.6 is 0 Å². The third-order valence-corrected chi connectivity index (χ3v) is 5.37. The van der Waals surface area contributed by atoms with Crippen molar-refractivity contribution in [3.05, 3.63) is 58.0 Å². The van der Waals surface area contributed by atoms with E-state index in [1.807, 2.05) is 37.3 Å². The van der Waals surface area contributed by atoms with Crippen molar-refractivity contribution < 1.29 is 9.69 Å². The molecule has 1 aromatic carbocycles. The number of aryl methyl sites for hydroxylation is 1. The Morgan fingerprint density at radius 2 is 2.07 bits per heavy atom. The molecule has 144 valence electrons. The highest BCUT2D eigenvalue weighted by Crippen LogP contribution is 2.07. The maximum Gasteiger partial charge on any atom is 0.275 e. The fraction of sp³-hybridized carbons (Fsp3) is 0.476. The summed E-state index contributed by atoms with van der Waals surface area (Å²) in [5.74, 6) is -0.397. The van der Waals surface area contributed by atoms with Gasteiger partial charge in [0.1, 0.15) is 0 Å². The van der Waals surface area contributed by atoms with Gasteiger partial charge in [0.05, 0.1) is 24.8 Å². The molecule has 0 aliphatic carbocycles. The first kappa shape index (κ1) is 19.3. The number of carbonyl (C=O) groups is 1. The molecule has 1 unspecified atom stereocenters. The molecule has 1 aromatic heterocycles. The van der Waals surface area contributed by atoms with Gasteiger partial charge in [-0.3, -0.25) is 9.59 Å². The van der Waals surface area contributed by atoms with E-state index in [1.165, 1.54) is 31.9 Å². The lowest BCUT2D eigenvalue weighted by atomic mass is 10.0. The van der Waals surface area contributed by atoms with E-state index < -0.39 is 5.91 Å². The van der Waals surface area contributed by atoms with Gasteiger partial charge in [0, 0.05) is 24.7 Å². The first-order chi connectivity index (χ1) is 13.1. The molecule has 1 fully saturated rings. The number of amides is 1. The first-order valence-corrected chi connectivity index (χ1v) is 9.85. The number of carbonyl (C=O) groups excluding carboxylic acids is 1. The van der Waals surface area contributed by atoms with Crippen LogP contribution in [0.15, 0.2) is 41.2 Å². The Kier molecular flexibility index (Phi) is 6.40. The van der Waals surface area contributed by atoms with Crippen molar-refractivity contribution in [2.45, 2.75) is 45.6 Å². The van der Waals surface area contributed by atoms with E-state index in [2.05, 4.69) is 17.3 Å². The summed E-state index contributed by atoms with van der Waals surface area (Å²) in [6.07, 6.45) is 4.81. The van der Waals surface area contributed by atoms with Crippen molar-refractivity contribution >= 4 is 5.91 Å². The van der Waals surface area contributed by atoms with Gasteiger partial charge in [0.15, 0.2) is 5.69 Å². The quantitative estimate of drug-likeness (QED) is 0.750. The van der Waals surface area contributed by atoms with Crippen LogP contribution < -0.4 is 15.6 Å². The monoisotopic (exact) mass is 369 g/mol. The van der Waals surface area contributed by atoms with Gasteiger partial charge in [-0.05, 0) is 45.2 Å². The number of hydrogen-bond donors (Lipinski definition) is 2. The summed E-state index contributed by atoms with van der Waals surface area (Å²) in [4.78, 5) is 26.4. The van der Waals surface area contributed by atoms with Crippen LogP contribution in [-0.2, 0) is 0 Å². The average molecular weight is 369 g/mol. The molecular weight excluding hydrogens is 340 g/mol. The second-order valence-electron chi connectivity index (χ2n) is 7.41. The van der Waals surface area contributed by atoms with E-state index in [0.717, 1.165) is 18.7 Å². The summed E-state index contributed by atoms with van der Waals surface area (Å²) < 4.78 is 1.63. The highest BCUT2D eigenvalue weighted by Gasteiger charge is 2.21. The number of hydrogen-bond acceptors (Lipinski definition) is 3. The maximum atomic E-state index is 12.5. The van der Waals surface area contributed by atoms with Gasteiger partial charge < -0.3 is 10.2 Å². The second kappa shape index (κ2) is 8.95. The summed E-state index contributed by atoms with van der Waals surface area (Å²) in [5, 5.41) is 7.17. The van der Waals surface area contributed by atoms with Gasteiger partial charge in [0.25, 0.3) is 5.91 Å². The number of likely N-dealkylation sites (tertiary alicyclic amines) is 1. The van der Waals surface area contributed by atoms with Crippen molar-refractivity contribution in [2.24, 2.45) is 0 Å². The highest BCUT2D eigenvalue weighted by molar-refractivity contribution is 5.92. The largest absolute Gasteiger partial charge is 0.350 e. The Morgan fingerprint density at radius 1 is 1.30 bits per heavy atom. The number of benzene rings is 1. The minimum atomic E-state index is -0.397. The zero-order chi connectivity index (χ0) is 19.2. The van der Waals surface area contributed by atoms with Gasteiger partial charge in [-0.25, -0.2) is 4.68 Å². The van der Waals surface area contributed by atoms with Crippen LogP contribution in [0.25, 0.3) is 5.69 Å². The lowest BCUT2D eigenvalue weighted by molar-refractivity contribution is -0.928. The third kappa shape index (κ3) is 4.83. The Balaban J connectivity index is 1.62. The molecule has 1 amide bonds. The molecule has 1 aliphatic heterocycles. The standard InChI is InChI=1S/C21H28N4O2/c1-16-9-6-7-13-24(16)14-8-12-22-21(27)20-19(26)15-17(2)25(23-20)18-10-4-3-5-11-18/h3-5,10-11,15-16H,6-9,12-14H2,1-2H3,(H,22,27)/p+1/t16-/m1/s1. The summed E-state index contributed by atoms with van der Waals surface area (Å²) >= 11 is 0. The first-order valence-electron chi connectivity index (χ1n) is 9.85. The topological polar surface area (TPSA) is 68.4 Å². The van der Waals surface area contributed by atoms with Crippen LogP contribution in [-0.4, -0.2) is 41.4 Å². The number of quaternary nitrogens is 1. The number of aromatic nitrogens is 2. The van der Waals surface area contributed by atoms with Crippen LogP contribution in [0.4, 0.5) is 0 Å². The summed E-state index contributed by atoms with van der Waals surface area (Å²) in [6, 6.07) is 11.7. The molecule has 2 N–H and O–H groups in total. The molecule has 27 heavy (non-hydrogen) atoms. The second-order valence-corrected chi connectivity index (χ2v) is 7.41. The van der Waals surface area contributed by atoms with Crippen molar-refractivity contribution in [2.75, 3.05) is 19.6 Å². The molecular formula is C21H29N4O2+. The van der Waals surface area contributed by atoms with Gasteiger partial charge >= 0.3 is 0 Å². The van der Waals surface area contributed by atoms with E-state index in [9.17, 15) is 9.59 Å². The molecule has 2 aromatic rings. The molecule has 3 rings (SSSR count). The fourth-order valence-corrected chi connectivity index (χ4v) is 3.76. The molecule has 0 bridgehead atoms. The molecule has 1 saturated heterocycles. The predicted octanol–water partition coefficient (Wildman–Crippen LogP) is 1.12. The Hall–Kier alpha value is -2.47. The van der Waals surface area contributed by atoms with Crippen molar-refractivity contribution in [1.29, 1.82) is 0 Å². The summed E-state index contributed by atoms with van der Waals surface area (Å²) in [7, 11) is 0. The minimum absolute atomic E-state index is 0.0526. The third-order valence-electron chi connectivity index (χ3n) is 5.37. The zero-order valence-electron chi connectivity index (χ0n) is 16.2. The number of piperidine rings is 1. The molecule has 0 saturated carbocycles. The van der Waals surface area contributed by atoms with Gasteiger partial charge in [-0.2, -0.15) is 5.10 Å². The van der Waals surface area contributed by atoms with Crippen molar-refractivity contribution in [3.63, 3.8) is 0 Å². The van der Waals surface area contributed by atoms with Crippen LogP contribution in [0.5, 0.6) is 0 Å². The Labute approximate surface area is 160 Å². The molecule has 1 aliphatic rings. The minimum Gasteiger partial charge on any atom is -0.350 e. The molecule has 0 spiro atoms. The number of nitrogens with zero attached hydrogens (tertiary/aromatic N) is 2. The van der Waals surface area contributed by atoms with Crippen LogP contribution in [0.1, 0.15) is 48.8 Å². The van der Waals surface area contributed by atoms with Gasteiger partial charge in [-0.1, -0.05) is 18.2 Å². The average Bonchev–Trinajstić information content (AvgIpc) is 2.67. The van der Waals surface area contributed by atoms with E-state index in [-0.39, 0.29) is 11.1 Å². The molecule has 6 heteroatoms. The van der Waals surface area contributed by atoms with E-state index in [1.54, 1.807) is 9.58 Å². The zero-order valence-corrected chi connectivity index (χ0v) is 16.2. The lowest BCUT2D eigenvalue weighted by Crippen LogP contribution is -3.16. The summed E-state index contributed by atoms with van der Waals surface area (Å²) in [6.45, 7) is 6.95. The smallest absolute Gasteiger partial charge is 0.275 e. The Morgan fingerprint density at radius 3 is 2.81 bits per heavy atom. The summed E-state index contributed by atoms with van der Waals surface area (Å²) in [5.41, 5.74) is 1.13. The predicted molar refractivity (Wildman–Crippen MR) is 106 cm³/mol. The van der Waals surface area contributed by atoms with Crippen LogP contribution in [0.3, 0.4) is 0 Å². The molecule has 2 atom stereocenters. The Bertz CT molecular complexity index is 832. The maximum absolute atomic E-state index is 12.5. The molecule has 2 heterocycles. The van der Waals surface area contributed by atoms with Crippen molar-refractivity contribution in [1.82, 2.24) is 15.1 Å². The number of rotatable bonds is 6. The van der Waals surface area contributed by atoms with Crippen LogP contribution in [0, 0.1) is 6.92 Å². The molecule has 0 radical (unpaired) electrons. The van der Waals surface area contributed by atoms with E-state index in [4.69, 9.17) is 0 Å². The highest BCUT2D eigenvalue weighted by atomic mass is 16.2. The number of para-hydroxylation sites is 1. The number of nitrogens with one attached hydrogen (secondary N) is 2. The SMILES string of the molecule is Cc1cc(=O)c(C(=O)NCCC[NH+]2CCCC[C@H]2C)nn1-c1ccccc1. The van der Waals surface area contributed by atoms with E-state index >= 15 is 0 Å². The fourth-order valence-electron chi connectivity index (χ4n) is 3.76. The van der Waals surface area contributed by atoms with Gasteiger partial charge in [0.2, 0.25) is 5.43 Å². The normalized spacial score (nSPS) is 19.6. The molecule has 6 nitrogen and oxygen atoms in total. The lowest BCUT2D eigenvalue weighted by Gasteiger charge is -2.30.